The van der Waals surface area contributed by atoms with E-state index in [1.165, 1.54) is 0 Å². The second-order valence-corrected chi connectivity index (χ2v) is 1.26. The molecule has 56 valence electrons. The zero-order valence-corrected chi connectivity index (χ0v) is 5.23. The smallest absolute Gasteiger partial charge is 0.198 e. The summed E-state index contributed by atoms with van der Waals surface area (Å²) in [5.41, 5.74) is 0. The van der Waals surface area contributed by atoms with Gasteiger partial charge in [-0.25, -0.2) is 0 Å². The lowest BCUT2D eigenvalue weighted by molar-refractivity contribution is -1.36. The first-order chi connectivity index (χ1) is 3.56. The Bertz CT molecular complexity index is 88.3. The van der Waals surface area contributed by atoms with Crippen LogP contribution in [-0.4, -0.2) is 32.2 Å². The predicted molar refractivity (Wildman–Crippen MR) is 22.3 cm³/mol. The van der Waals surface area contributed by atoms with Gasteiger partial charge in [0.05, 0.1) is 11.2 Å². The molecule has 0 aliphatic rings. The highest BCUT2D eigenvalue weighted by molar-refractivity contribution is 4.68. The number of aliphatic hydroxyl groups excluding tert-OH is 1. The van der Waals surface area contributed by atoms with Crippen LogP contribution in [-0.2, 0) is 0 Å². The van der Waals surface area contributed by atoms with E-state index in [9.17, 15) is 0 Å². The third kappa shape index (κ3) is 11.3. The van der Waals surface area contributed by atoms with Crippen molar-refractivity contribution in [2.24, 2.45) is 0 Å². The van der Waals surface area contributed by atoms with Crippen LogP contribution in [0.2, 0.25) is 0 Å². The second kappa shape index (κ2) is 4.54. The Hall–Kier alpha value is -0.330. The quantitative estimate of drug-likeness (QED) is 0.196. The summed E-state index contributed by atoms with van der Waals surface area (Å²) in [6, 6.07) is 0. The minimum atomic E-state index is -2.14. The second-order valence-electron chi connectivity index (χ2n) is 1.26. The first kappa shape index (κ1) is 11.5. The molecule has 0 fully saturated rings. The molecule has 0 saturated heterocycles. The summed E-state index contributed by atoms with van der Waals surface area (Å²) in [4.78, 5) is -2.14. The number of hydrogen-bond donors (Lipinski definition) is 4. The Morgan fingerprint density at radius 1 is 1.22 bits per heavy atom. The fourth-order valence-corrected chi connectivity index (χ4v) is 0.189. The molecule has 0 aliphatic carbocycles. The number of quaternary nitrogens is 1. The van der Waals surface area contributed by atoms with Gasteiger partial charge in [-0.3, -0.25) is 0 Å². The molecule has 0 amide bonds. The predicted octanol–water partition coefficient (Wildman–Crippen LogP) is -2.95. The van der Waals surface area contributed by atoms with Gasteiger partial charge in [0.25, 0.3) is 0 Å². The van der Waals surface area contributed by atoms with Crippen molar-refractivity contribution in [3.8, 4) is 0 Å². The SMILES string of the molecule is OC=CC[N+](O)(O)O.[Cl-]. The maximum Gasteiger partial charge on any atom is 0.198 e. The molecule has 4 N–H and O–H groups in total. The normalized spacial score (nSPS) is 11.4. The zero-order valence-electron chi connectivity index (χ0n) is 4.48. The Morgan fingerprint density at radius 3 is 1.78 bits per heavy atom. The topological polar surface area (TPSA) is 80.9 Å². The Labute approximate surface area is 57.9 Å². The fourth-order valence-electron chi connectivity index (χ4n) is 0.189. The van der Waals surface area contributed by atoms with Gasteiger partial charge >= 0.3 is 0 Å². The standard InChI is InChI=1S/C3H7NO4.ClH/c5-3-1-2-4(6,7)8;/h1,3,6-8H,2H2;1H. The molecule has 0 aliphatic heterocycles. The number of hydrogen-bond acceptors (Lipinski definition) is 4. The number of nitrogens with zero attached hydrogens (tertiary/aromatic N) is 1. The highest BCUT2D eigenvalue weighted by Crippen LogP contribution is 1.85. The van der Waals surface area contributed by atoms with Gasteiger partial charge in [-0.15, -0.1) is 15.6 Å². The summed E-state index contributed by atoms with van der Waals surface area (Å²) in [7, 11) is 0. The summed E-state index contributed by atoms with van der Waals surface area (Å²) in [5.74, 6) is 0. The summed E-state index contributed by atoms with van der Waals surface area (Å²) >= 11 is 0. The van der Waals surface area contributed by atoms with E-state index >= 15 is 0 Å². The lowest BCUT2D eigenvalue weighted by atomic mass is 10.6. The van der Waals surface area contributed by atoms with Crippen LogP contribution < -0.4 is 12.4 Å². The van der Waals surface area contributed by atoms with Gasteiger partial charge in [-0.05, 0) is 0 Å². The van der Waals surface area contributed by atoms with Crippen LogP contribution >= 0.6 is 0 Å². The molecule has 0 aromatic heterocycles. The molecule has 0 aromatic carbocycles. The molecule has 0 atom stereocenters. The van der Waals surface area contributed by atoms with Crippen molar-refractivity contribution in [3.05, 3.63) is 12.3 Å². The minimum Gasteiger partial charge on any atom is -1.00 e. The van der Waals surface area contributed by atoms with E-state index in [2.05, 4.69) is 0 Å². The van der Waals surface area contributed by atoms with E-state index < -0.39 is 11.5 Å². The molecule has 0 bridgehead atoms. The average molecular weight is 158 g/mol. The molecule has 9 heavy (non-hydrogen) atoms. The maximum absolute atomic E-state index is 8.04. The Kier molecular flexibility index (Phi) is 5.78. The van der Waals surface area contributed by atoms with E-state index in [1.54, 1.807) is 0 Å². The summed E-state index contributed by atoms with van der Waals surface area (Å²) in [5, 5.41) is 32.0. The Balaban J connectivity index is 0. The van der Waals surface area contributed by atoms with Crippen molar-refractivity contribution in [3.63, 3.8) is 0 Å². The lowest BCUT2D eigenvalue weighted by Crippen LogP contribution is -3.00. The molecule has 0 rings (SSSR count). The van der Waals surface area contributed by atoms with Crippen molar-refractivity contribution in [1.29, 1.82) is 0 Å². The van der Waals surface area contributed by atoms with Crippen LogP contribution in [0.5, 0.6) is 0 Å². The first-order valence-corrected chi connectivity index (χ1v) is 1.92. The number of hydroxylamine groups is 3. The van der Waals surface area contributed by atoms with Crippen LogP contribution in [0.3, 0.4) is 0 Å². The van der Waals surface area contributed by atoms with Crippen molar-refractivity contribution in [1.82, 2.24) is 0 Å². The molecule has 0 aromatic rings. The summed E-state index contributed by atoms with van der Waals surface area (Å²) < 4.78 is 0. The van der Waals surface area contributed by atoms with E-state index in [-0.39, 0.29) is 12.4 Å². The van der Waals surface area contributed by atoms with Gasteiger partial charge in [-0.1, -0.05) is 0 Å². The number of aliphatic hydroxyl groups is 1. The zero-order chi connectivity index (χ0) is 6.62. The van der Waals surface area contributed by atoms with Gasteiger partial charge in [-0.2, -0.15) is 0 Å². The fraction of sp³-hybridized carbons (Fsp3) is 0.333. The average Bonchev–Trinajstić information content (AvgIpc) is 1.59. The molecule has 5 nitrogen and oxygen atoms in total. The monoisotopic (exact) mass is 157 g/mol. The molecule has 0 radical (unpaired) electrons. The van der Waals surface area contributed by atoms with Crippen LogP contribution in [0.4, 0.5) is 0 Å². The first-order valence-electron chi connectivity index (χ1n) is 1.92. The van der Waals surface area contributed by atoms with Gasteiger partial charge in [0.1, 0.15) is 0 Å². The van der Waals surface area contributed by atoms with Crippen LogP contribution in [0, 0.1) is 0 Å². The molecule has 0 heterocycles. The third-order valence-corrected chi connectivity index (χ3v) is 0.456. The van der Waals surface area contributed by atoms with Gasteiger partial charge in [0, 0.05) is 6.08 Å². The number of halogens is 1. The van der Waals surface area contributed by atoms with Gasteiger partial charge < -0.3 is 17.5 Å². The van der Waals surface area contributed by atoms with Crippen molar-refractivity contribution in [2.75, 3.05) is 6.54 Å². The summed E-state index contributed by atoms with van der Waals surface area (Å²) in [6.07, 6.45) is 1.59. The molecule has 6 heteroatoms. The highest BCUT2D eigenvalue weighted by Gasteiger charge is 2.13. The van der Waals surface area contributed by atoms with Crippen molar-refractivity contribution in [2.45, 2.75) is 0 Å². The summed E-state index contributed by atoms with van der Waals surface area (Å²) in [6.45, 7) is -0.462. The molecule has 0 unspecified atom stereocenters. The Morgan fingerprint density at radius 2 is 1.67 bits per heavy atom. The molecular formula is C3H8ClNO4. The highest BCUT2D eigenvalue weighted by atomic mass is 35.5. The van der Waals surface area contributed by atoms with E-state index in [4.69, 9.17) is 20.7 Å². The van der Waals surface area contributed by atoms with Gasteiger partial charge in [0.15, 0.2) is 6.54 Å². The van der Waals surface area contributed by atoms with Crippen molar-refractivity contribution >= 4 is 0 Å². The van der Waals surface area contributed by atoms with Crippen LogP contribution in [0.15, 0.2) is 12.3 Å². The molecule has 0 spiro atoms. The largest absolute Gasteiger partial charge is 1.00 e. The number of rotatable bonds is 2. The lowest BCUT2D eigenvalue weighted by Gasteiger charge is -2.06. The molecular weight excluding hydrogens is 149 g/mol. The van der Waals surface area contributed by atoms with Crippen LogP contribution in [0.1, 0.15) is 0 Å². The van der Waals surface area contributed by atoms with Gasteiger partial charge in [0.2, 0.25) is 0 Å². The van der Waals surface area contributed by atoms with Crippen LogP contribution in [0.25, 0.3) is 0 Å². The maximum atomic E-state index is 8.04. The minimum absolute atomic E-state index is 0. The van der Waals surface area contributed by atoms with E-state index in [1.807, 2.05) is 0 Å². The third-order valence-electron chi connectivity index (χ3n) is 0.456. The van der Waals surface area contributed by atoms with E-state index in [0.29, 0.717) is 6.26 Å². The van der Waals surface area contributed by atoms with Crippen molar-refractivity contribution < 1.29 is 38.1 Å². The molecule has 0 saturated carbocycles. The van der Waals surface area contributed by atoms with E-state index in [0.717, 1.165) is 6.08 Å².